The van der Waals surface area contributed by atoms with Crippen LogP contribution >= 0.6 is 0 Å². The smallest absolute Gasteiger partial charge is 0.150 e. The van der Waals surface area contributed by atoms with Crippen LogP contribution in [0.15, 0.2) is 0 Å². The highest BCUT2D eigenvalue weighted by Gasteiger charge is 2.19. The summed E-state index contributed by atoms with van der Waals surface area (Å²) in [7, 11) is 0. The molecular weight excluding hydrogens is 236 g/mol. The maximum atomic E-state index is 6.24. The van der Waals surface area contributed by atoms with E-state index in [0.29, 0.717) is 0 Å². The molecule has 19 heavy (non-hydrogen) atoms. The van der Waals surface area contributed by atoms with E-state index in [4.69, 9.17) is 5.73 Å². The van der Waals surface area contributed by atoms with Crippen molar-refractivity contribution in [3.8, 4) is 0 Å². The first kappa shape index (κ1) is 15.9. The number of nitrogen functional groups attached to an aromatic ring is 1. The molecule has 0 atom stereocenters. The summed E-state index contributed by atoms with van der Waals surface area (Å²) >= 11 is 0. The second kappa shape index (κ2) is 7.41. The Bertz CT molecular complexity index is 380. The SMILES string of the molecule is CCCn1nc(C)c(N)c1N(CC)CC(CC)CC. The Labute approximate surface area is 118 Å². The lowest BCUT2D eigenvalue weighted by atomic mass is 10.0. The average molecular weight is 266 g/mol. The first-order valence-corrected chi connectivity index (χ1v) is 7.66. The minimum atomic E-state index is 0.727. The molecule has 4 heteroatoms. The number of rotatable bonds is 8. The van der Waals surface area contributed by atoms with Crippen molar-refractivity contribution in [3.63, 3.8) is 0 Å². The summed E-state index contributed by atoms with van der Waals surface area (Å²) in [5.41, 5.74) is 8.04. The number of anilines is 2. The lowest BCUT2D eigenvalue weighted by Crippen LogP contribution is -2.31. The zero-order chi connectivity index (χ0) is 14.4. The van der Waals surface area contributed by atoms with Crippen molar-refractivity contribution in [2.45, 2.75) is 60.4 Å². The van der Waals surface area contributed by atoms with Crippen LogP contribution in [0.2, 0.25) is 0 Å². The second-order valence-electron chi connectivity index (χ2n) is 5.27. The fourth-order valence-electron chi connectivity index (χ4n) is 2.51. The largest absolute Gasteiger partial charge is 0.394 e. The van der Waals surface area contributed by atoms with Crippen molar-refractivity contribution in [1.29, 1.82) is 0 Å². The normalized spacial score (nSPS) is 11.3. The molecule has 0 saturated carbocycles. The number of hydrogen-bond donors (Lipinski definition) is 1. The van der Waals surface area contributed by atoms with Crippen molar-refractivity contribution in [1.82, 2.24) is 9.78 Å². The highest BCUT2D eigenvalue weighted by atomic mass is 15.4. The van der Waals surface area contributed by atoms with E-state index in [1.807, 2.05) is 6.92 Å². The Morgan fingerprint density at radius 2 is 1.84 bits per heavy atom. The molecule has 0 aliphatic carbocycles. The van der Waals surface area contributed by atoms with Gasteiger partial charge in [-0.3, -0.25) is 0 Å². The van der Waals surface area contributed by atoms with Gasteiger partial charge in [0.05, 0.1) is 11.4 Å². The van der Waals surface area contributed by atoms with Crippen LogP contribution in [0.25, 0.3) is 0 Å². The Kier molecular flexibility index (Phi) is 6.19. The van der Waals surface area contributed by atoms with Crippen molar-refractivity contribution in [3.05, 3.63) is 5.69 Å². The van der Waals surface area contributed by atoms with Crippen molar-refractivity contribution in [2.24, 2.45) is 5.92 Å². The van der Waals surface area contributed by atoms with Crippen LogP contribution in [0.5, 0.6) is 0 Å². The van der Waals surface area contributed by atoms with Crippen LogP contribution in [0.1, 0.15) is 52.7 Å². The molecule has 1 aromatic rings. The number of aryl methyl sites for hydroxylation is 2. The van der Waals surface area contributed by atoms with Gasteiger partial charge in [0.1, 0.15) is 0 Å². The van der Waals surface area contributed by atoms with Crippen LogP contribution < -0.4 is 10.6 Å². The van der Waals surface area contributed by atoms with E-state index in [1.54, 1.807) is 0 Å². The van der Waals surface area contributed by atoms with Gasteiger partial charge in [-0.15, -0.1) is 0 Å². The zero-order valence-corrected chi connectivity index (χ0v) is 13.2. The highest BCUT2D eigenvalue weighted by Crippen LogP contribution is 2.28. The van der Waals surface area contributed by atoms with E-state index in [9.17, 15) is 0 Å². The van der Waals surface area contributed by atoms with Crippen molar-refractivity contribution >= 4 is 11.5 Å². The monoisotopic (exact) mass is 266 g/mol. The van der Waals surface area contributed by atoms with E-state index >= 15 is 0 Å². The fourth-order valence-corrected chi connectivity index (χ4v) is 2.51. The quantitative estimate of drug-likeness (QED) is 0.784. The van der Waals surface area contributed by atoms with Gasteiger partial charge in [-0.05, 0) is 26.2 Å². The van der Waals surface area contributed by atoms with Gasteiger partial charge < -0.3 is 10.6 Å². The summed E-state index contributed by atoms with van der Waals surface area (Å²) in [4.78, 5) is 2.39. The topological polar surface area (TPSA) is 47.1 Å². The molecule has 0 saturated heterocycles. The molecule has 0 radical (unpaired) electrons. The molecule has 1 heterocycles. The molecular formula is C15H30N4. The Morgan fingerprint density at radius 3 is 2.32 bits per heavy atom. The van der Waals surface area contributed by atoms with Gasteiger partial charge in [0.25, 0.3) is 0 Å². The number of hydrogen-bond acceptors (Lipinski definition) is 3. The molecule has 4 nitrogen and oxygen atoms in total. The van der Waals surface area contributed by atoms with Crippen LogP contribution in [0.4, 0.5) is 11.5 Å². The zero-order valence-electron chi connectivity index (χ0n) is 13.2. The van der Waals surface area contributed by atoms with Crippen molar-refractivity contribution < 1.29 is 0 Å². The lowest BCUT2D eigenvalue weighted by Gasteiger charge is -2.28. The minimum absolute atomic E-state index is 0.727. The second-order valence-corrected chi connectivity index (χ2v) is 5.27. The maximum absolute atomic E-state index is 6.24. The van der Waals surface area contributed by atoms with Gasteiger partial charge in [0.2, 0.25) is 0 Å². The van der Waals surface area contributed by atoms with Gasteiger partial charge in [-0.2, -0.15) is 5.10 Å². The Morgan fingerprint density at radius 1 is 1.21 bits per heavy atom. The van der Waals surface area contributed by atoms with Crippen LogP contribution in [0, 0.1) is 12.8 Å². The summed E-state index contributed by atoms with van der Waals surface area (Å²) in [6, 6.07) is 0. The van der Waals surface area contributed by atoms with Gasteiger partial charge >= 0.3 is 0 Å². The Hall–Kier alpha value is -1.19. The van der Waals surface area contributed by atoms with E-state index in [2.05, 4.69) is 42.4 Å². The summed E-state index contributed by atoms with van der Waals surface area (Å²) in [6.45, 7) is 13.9. The van der Waals surface area contributed by atoms with E-state index < -0.39 is 0 Å². The lowest BCUT2D eigenvalue weighted by molar-refractivity contribution is 0.476. The summed E-state index contributed by atoms with van der Waals surface area (Å²) in [6.07, 6.45) is 3.51. The number of nitrogens with two attached hydrogens (primary N) is 1. The maximum Gasteiger partial charge on any atom is 0.150 e. The molecule has 2 N–H and O–H groups in total. The average Bonchev–Trinajstić information content (AvgIpc) is 2.68. The molecule has 0 amide bonds. The third-order valence-electron chi connectivity index (χ3n) is 3.90. The molecule has 0 unspecified atom stereocenters. The van der Waals surface area contributed by atoms with E-state index in [0.717, 1.165) is 49.2 Å². The fraction of sp³-hybridized carbons (Fsp3) is 0.800. The third-order valence-corrected chi connectivity index (χ3v) is 3.90. The number of nitrogens with zero attached hydrogens (tertiary/aromatic N) is 3. The predicted molar refractivity (Wildman–Crippen MR) is 83.6 cm³/mol. The molecule has 0 aliphatic heterocycles. The van der Waals surface area contributed by atoms with Gasteiger partial charge in [-0.1, -0.05) is 33.6 Å². The third kappa shape index (κ3) is 3.64. The Balaban J connectivity index is 3.02. The molecule has 0 fully saturated rings. The van der Waals surface area contributed by atoms with E-state index in [-0.39, 0.29) is 0 Å². The summed E-state index contributed by atoms with van der Waals surface area (Å²) < 4.78 is 2.08. The minimum Gasteiger partial charge on any atom is -0.394 e. The standard InChI is InChI=1S/C15H30N4/c1-6-10-19-15(14(16)12(5)17-19)18(9-4)11-13(7-2)8-3/h13H,6-11,16H2,1-5H3. The van der Waals surface area contributed by atoms with Gasteiger partial charge in [0.15, 0.2) is 5.82 Å². The molecule has 110 valence electrons. The molecule has 1 rings (SSSR count). The highest BCUT2D eigenvalue weighted by molar-refractivity contribution is 5.66. The van der Waals surface area contributed by atoms with Gasteiger partial charge in [0, 0.05) is 19.6 Å². The number of aromatic nitrogens is 2. The molecule has 0 aromatic carbocycles. The van der Waals surface area contributed by atoms with Crippen LogP contribution in [-0.4, -0.2) is 22.9 Å². The molecule has 1 aromatic heterocycles. The van der Waals surface area contributed by atoms with Gasteiger partial charge in [-0.25, -0.2) is 4.68 Å². The molecule has 0 aliphatic rings. The summed E-state index contributed by atoms with van der Waals surface area (Å²) in [5.74, 6) is 1.85. The summed E-state index contributed by atoms with van der Waals surface area (Å²) in [5, 5.41) is 4.58. The van der Waals surface area contributed by atoms with Crippen LogP contribution in [-0.2, 0) is 6.54 Å². The van der Waals surface area contributed by atoms with Crippen molar-refractivity contribution in [2.75, 3.05) is 23.7 Å². The first-order chi connectivity index (χ1) is 9.08. The van der Waals surface area contributed by atoms with Crippen LogP contribution in [0.3, 0.4) is 0 Å². The van der Waals surface area contributed by atoms with E-state index in [1.165, 1.54) is 12.8 Å². The first-order valence-electron chi connectivity index (χ1n) is 7.66. The molecule has 0 bridgehead atoms. The molecule has 0 spiro atoms. The predicted octanol–water partition coefficient (Wildman–Crippen LogP) is 3.45.